The Morgan fingerprint density at radius 3 is 2.62 bits per heavy atom. The van der Waals surface area contributed by atoms with Crippen LogP contribution in [-0.4, -0.2) is 34.8 Å². The number of hydrogen-bond donors (Lipinski definition) is 1. The van der Waals surface area contributed by atoms with Crippen molar-refractivity contribution in [3.05, 3.63) is 78.1 Å². The average Bonchev–Trinajstić information content (AvgIpc) is 2.62. The van der Waals surface area contributed by atoms with Crippen LogP contribution in [0.2, 0.25) is 0 Å². The van der Waals surface area contributed by atoms with Crippen molar-refractivity contribution in [3.63, 3.8) is 0 Å². The SMILES string of the molecule is C=CC(=O)N1CC(C(=O)NC(Cc2ccc(C)cc2)c2ccccn2)C1. The highest BCUT2D eigenvalue weighted by Gasteiger charge is 2.35. The molecule has 0 radical (unpaired) electrons. The highest BCUT2D eigenvalue weighted by atomic mass is 16.2. The zero-order valence-electron chi connectivity index (χ0n) is 14.9. The van der Waals surface area contributed by atoms with Gasteiger partial charge in [0, 0.05) is 19.3 Å². The fraction of sp³-hybridized carbons (Fsp3) is 0.286. The van der Waals surface area contributed by atoms with Crippen molar-refractivity contribution in [2.75, 3.05) is 13.1 Å². The maximum Gasteiger partial charge on any atom is 0.246 e. The van der Waals surface area contributed by atoms with Gasteiger partial charge in [-0.1, -0.05) is 42.5 Å². The van der Waals surface area contributed by atoms with E-state index in [2.05, 4.69) is 48.1 Å². The van der Waals surface area contributed by atoms with Crippen LogP contribution < -0.4 is 5.32 Å². The molecule has 1 aliphatic heterocycles. The lowest BCUT2D eigenvalue weighted by atomic mass is 9.96. The van der Waals surface area contributed by atoms with Gasteiger partial charge in [0.05, 0.1) is 17.7 Å². The molecule has 1 fully saturated rings. The molecule has 26 heavy (non-hydrogen) atoms. The predicted molar refractivity (Wildman–Crippen MR) is 100 cm³/mol. The van der Waals surface area contributed by atoms with E-state index in [0.717, 1.165) is 11.3 Å². The number of likely N-dealkylation sites (tertiary alicyclic amines) is 1. The number of nitrogens with zero attached hydrogens (tertiary/aromatic N) is 2. The zero-order valence-corrected chi connectivity index (χ0v) is 14.9. The number of nitrogens with one attached hydrogen (secondary N) is 1. The van der Waals surface area contributed by atoms with Gasteiger partial charge in [-0.15, -0.1) is 0 Å². The van der Waals surface area contributed by atoms with Crippen LogP contribution in [0.3, 0.4) is 0 Å². The summed E-state index contributed by atoms with van der Waals surface area (Å²) >= 11 is 0. The Hall–Kier alpha value is -2.95. The van der Waals surface area contributed by atoms with Crippen molar-refractivity contribution in [2.24, 2.45) is 5.92 Å². The quantitative estimate of drug-likeness (QED) is 0.815. The molecule has 2 amide bonds. The molecule has 5 heteroatoms. The summed E-state index contributed by atoms with van der Waals surface area (Å²) in [6.07, 6.45) is 3.69. The van der Waals surface area contributed by atoms with E-state index in [0.29, 0.717) is 19.5 Å². The molecular weight excluding hydrogens is 326 g/mol. The molecule has 134 valence electrons. The first-order chi connectivity index (χ1) is 12.6. The lowest BCUT2D eigenvalue weighted by Gasteiger charge is -2.38. The number of carbonyl (C=O) groups excluding carboxylic acids is 2. The molecule has 0 spiro atoms. The summed E-state index contributed by atoms with van der Waals surface area (Å²) in [6.45, 7) is 6.41. The number of carbonyl (C=O) groups is 2. The van der Waals surface area contributed by atoms with Crippen LogP contribution >= 0.6 is 0 Å². The first kappa shape index (κ1) is 17.9. The van der Waals surface area contributed by atoms with Crippen LogP contribution in [0.15, 0.2) is 61.3 Å². The van der Waals surface area contributed by atoms with Crippen LogP contribution in [0.5, 0.6) is 0 Å². The van der Waals surface area contributed by atoms with Gasteiger partial charge >= 0.3 is 0 Å². The Morgan fingerprint density at radius 2 is 2.00 bits per heavy atom. The van der Waals surface area contributed by atoms with Crippen LogP contribution in [0.1, 0.15) is 22.9 Å². The lowest BCUT2D eigenvalue weighted by molar-refractivity contribution is -0.139. The van der Waals surface area contributed by atoms with E-state index < -0.39 is 0 Å². The maximum absolute atomic E-state index is 12.6. The minimum absolute atomic E-state index is 0.0409. The number of amides is 2. The van der Waals surface area contributed by atoms with Gasteiger partial charge in [0.25, 0.3) is 0 Å². The van der Waals surface area contributed by atoms with Crippen LogP contribution in [0, 0.1) is 12.8 Å². The zero-order chi connectivity index (χ0) is 18.5. The van der Waals surface area contributed by atoms with Crippen molar-refractivity contribution in [1.82, 2.24) is 15.2 Å². The summed E-state index contributed by atoms with van der Waals surface area (Å²) < 4.78 is 0. The lowest BCUT2D eigenvalue weighted by Crippen LogP contribution is -2.55. The second-order valence-corrected chi connectivity index (χ2v) is 6.65. The van der Waals surface area contributed by atoms with Gasteiger partial charge in [-0.25, -0.2) is 0 Å². The van der Waals surface area contributed by atoms with E-state index in [-0.39, 0.29) is 23.8 Å². The molecule has 1 saturated heterocycles. The largest absolute Gasteiger partial charge is 0.347 e. The molecule has 1 unspecified atom stereocenters. The van der Waals surface area contributed by atoms with E-state index in [4.69, 9.17) is 0 Å². The average molecular weight is 349 g/mol. The molecule has 2 heterocycles. The maximum atomic E-state index is 12.6. The second-order valence-electron chi connectivity index (χ2n) is 6.65. The minimum Gasteiger partial charge on any atom is -0.347 e. The smallest absolute Gasteiger partial charge is 0.246 e. The fourth-order valence-corrected chi connectivity index (χ4v) is 3.01. The van der Waals surface area contributed by atoms with Crippen molar-refractivity contribution < 1.29 is 9.59 Å². The predicted octanol–water partition coefficient (Wildman–Crippen LogP) is 2.43. The number of aromatic nitrogens is 1. The summed E-state index contributed by atoms with van der Waals surface area (Å²) in [5.74, 6) is -0.348. The highest BCUT2D eigenvalue weighted by Crippen LogP contribution is 2.21. The Labute approximate surface area is 153 Å². The monoisotopic (exact) mass is 349 g/mol. The Morgan fingerprint density at radius 1 is 1.27 bits per heavy atom. The van der Waals surface area contributed by atoms with Crippen LogP contribution in [-0.2, 0) is 16.0 Å². The molecule has 1 aromatic carbocycles. The first-order valence-corrected chi connectivity index (χ1v) is 8.75. The molecule has 0 bridgehead atoms. The summed E-state index contributed by atoms with van der Waals surface area (Å²) in [4.78, 5) is 30.2. The molecule has 3 rings (SSSR count). The molecule has 0 aliphatic carbocycles. The van der Waals surface area contributed by atoms with Crippen molar-refractivity contribution in [1.29, 1.82) is 0 Å². The third-order valence-electron chi connectivity index (χ3n) is 4.66. The third kappa shape index (κ3) is 4.17. The van der Waals surface area contributed by atoms with Crippen LogP contribution in [0.4, 0.5) is 0 Å². The Kier molecular flexibility index (Phi) is 5.46. The normalized spacial score (nSPS) is 15.0. The van der Waals surface area contributed by atoms with Crippen LogP contribution in [0.25, 0.3) is 0 Å². The van der Waals surface area contributed by atoms with Gasteiger partial charge in [0.1, 0.15) is 0 Å². The van der Waals surface area contributed by atoms with E-state index in [1.807, 2.05) is 18.2 Å². The number of pyridine rings is 1. The Bertz CT molecular complexity index is 781. The highest BCUT2D eigenvalue weighted by molar-refractivity contribution is 5.90. The molecule has 2 aromatic rings. The first-order valence-electron chi connectivity index (χ1n) is 8.75. The molecule has 1 aromatic heterocycles. The molecule has 1 atom stereocenters. The van der Waals surface area contributed by atoms with E-state index in [1.54, 1.807) is 11.1 Å². The molecular formula is C21H23N3O2. The fourth-order valence-electron chi connectivity index (χ4n) is 3.01. The summed E-state index contributed by atoms with van der Waals surface area (Å²) in [5.41, 5.74) is 3.18. The minimum atomic E-state index is -0.199. The number of hydrogen-bond acceptors (Lipinski definition) is 3. The molecule has 0 saturated carbocycles. The van der Waals surface area contributed by atoms with E-state index in [1.165, 1.54) is 11.6 Å². The number of aryl methyl sites for hydroxylation is 1. The van der Waals surface area contributed by atoms with Gasteiger partial charge in [0.15, 0.2) is 0 Å². The molecule has 1 N–H and O–H groups in total. The standard InChI is InChI=1S/C21H23N3O2/c1-3-20(25)24-13-17(14-24)21(26)23-19(18-6-4-5-11-22-18)12-16-9-7-15(2)8-10-16/h3-11,17,19H,1,12-14H2,2H3,(H,23,26). The van der Waals surface area contributed by atoms with E-state index in [9.17, 15) is 9.59 Å². The van der Waals surface area contributed by atoms with Gasteiger partial charge in [-0.05, 0) is 37.1 Å². The number of benzene rings is 1. The number of rotatable bonds is 6. The Balaban J connectivity index is 1.68. The summed E-state index contributed by atoms with van der Waals surface area (Å²) in [5, 5.41) is 3.11. The van der Waals surface area contributed by atoms with Crippen molar-refractivity contribution in [3.8, 4) is 0 Å². The van der Waals surface area contributed by atoms with Gasteiger partial charge in [0.2, 0.25) is 11.8 Å². The van der Waals surface area contributed by atoms with Gasteiger partial charge in [-0.3, -0.25) is 14.6 Å². The van der Waals surface area contributed by atoms with Crippen molar-refractivity contribution >= 4 is 11.8 Å². The van der Waals surface area contributed by atoms with Gasteiger partial charge in [-0.2, -0.15) is 0 Å². The topological polar surface area (TPSA) is 62.3 Å². The summed E-state index contributed by atoms with van der Waals surface area (Å²) in [7, 11) is 0. The van der Waals surface area contributed by atoms with Gasteiger partial charge < -0.3 is 10.2 Å². The summed E-state index contributed by atoms with van der Waals surface area (Å²) in [6, 6.07) is 13.8. The van der Waals surface area contributed by atoms with E-state index >= 15 is 0 Å². The molecule has 1 aliphatic rings. The molecule has 5 nitrogen and oxygen atoms in total. The third-order valence-corrected chi connectivity index (χ3v) is 4.66. The second kappa shape index (κ2) is 7.95. The van der Waals surface area contributed by atoms with Crippen molar-refractivity contribution in [2.45, 2.75) is 19.4 Å².